The van der Waals surface area contributed by atoms with Gasteiger partial charge in [-0.2, -0.15) is 5.10 Å². The summed E-state index contributed by atoms with van der Waals surface area (Å²) in [5, 5.41) is 13.2. The number of carbonyl (C=O) groups excluding carboxylic acids is 1. The number of benzene rings is 1. The Balaban J connectivity index is 2.01. The molecule has 0 saturated heterocycles. The van der Waals surface area contributed by atoms with Crippen molar-refractivity contribution < 1.29 is 14.3 Å². The Morgan fingerprint density at radius 1 is 1.33 bits per heavy atom. The monoisotopic (exact) mass is 308 g/mol. The minimum atomic E-state index is -0.491. The number of furan rings is 1. The maximum absolute atomic E-state index is 11.6. The molecule has 1 aromatic carbocycles. The van der Waals surface area contributed by atoms with Crippen molar-refractivity contribution in [1.29, 1.82) is 0 Å². The summed E-state index contributed by atoms with van der Waals surface area (Å²) in [6, 6.07) is 9.63. The lowest BCUT2D eigenvalue weighted by molar-refractivity contribution is 0.0952. The molecule has 0 spiro atoms. The SMILES string of the molecule is O=C(N/N=C/c1ccc(Br)o1)c1ccccc1O. The third-order valence-corrected chi connectivity index (χ3v) is 2.53. The van der Waals surface area contributed by atoms with Gasteiger partial charge in [0.25, 0.3) is 5.91 Å². The number of para-hydroxylation sites is 1. The van der Waals surface area contributed by atoms with Crippen LogP contribution in [-0.4, -0.2) is 17.2 Å². The molecule has 0 bridgehead atoms. The van der Waals surface area contributed by atoms with E-state index in [9.17, 15) is 9.90 Å². The third-order valence-electron chi connectivity index (χ3n) is 2.10. The summed E-state index contributed by atoms with van der Waals surface area (Å²) in [7, 11) is 0. The fourth-order valence-electron chi connectivity index (χ4n) is 1.28. The summed E-state index contributed by atoms with van der Waals surface area (Å²) in [6.45, 7) is 0. The molecule has 2 N–H and O–H groups in total. The molecule has 0 aliphatic heterocycles. The Morgan fingerprint density at radius 2 is 2.11 bits per heavy atom. The number of hydrogen-bond acceptors (Lipinski definition) is 4. The average Bonchev–Trinajstić information content (AvgIpc) is 2.75. The van der Waals surface area contributed by atoms with Gasteiger partial charge in [0.2, 0.25) is 0 Å². The number of rotatable bonds is 3. The van der Waals surface area contributed by atoms with Crippen molar-refractivity contribution in [2.75, 3.05) is 0 Å². The van der Waals surface area contributed by atoms with E-state index >= 15 is 0 Å². The van der Waals surface area contributed by atoms with Crippen molar-refractivity contribution in [2.24, 2.45) is 5.10 Å². The van der Waals surface area contributed by atoms with Crippen LogP contribution in [-0.2, 0) is 0 Å². The minimum Gasteiger partial charge on any atom is -0.507 e. The molecule has 0 radical (unpaired) electrons. The first kappa shape index (κ1) is 12.4. The largest absolute Gasteiger partial charge is 0.507 e. The second-order valence-corrected chi connectivity index (χ2v) is 4.14. The lowest BCUT2D eigenvalue weighted by Crippen LogP contribution is -2.17. The predicted molar refractivity (Wildman–Crippen MR) is 69.6 cm³/mol. The second kappa shape index (κ2) is 5.50. The zero-order valence-corrected chi connectivity index (χ0v) is 10.7. The van der Waals surface area contributed by atoms with E-state index in [2.05, 4.69) is 26.5 Å². The van der Waals surface area contributed by atoms with Crippen molar-refractivity contribution in [3.05, 3.63) is 52.4 Å². The van der Waals surface area contributed by atoms with E-state index in [-0.39, 0.29) is 11.3 Å². The standard InChI is InChI=1S/C12H9BrN2O3/c13-11-6-5-8(18-11)7-14-15-12(17)9-3-1-2-4-10(9)16/h1-7,16H,(H,15,17)/b14-7+. The minimum absolute atomic E-state index is 0.0917. The molecule has 1 amide bonds. The Morgan fingerprint density at radius 3 is 2.78 bits per heavy atom. The lowest BCUT2D eigenvalue weighted by atomic mass is 10.2. The van der Waals surface area contributed by atoms with Gasteiger partial charge in [0.05, 0.1) is 11.8 Å². The molecule has 1 heterocycles. The molecule has 0 aliphatic rings. The highest BCUT2D eigenvalue weighted by Crippen LogP contribution is 2.15. The molecule has 2 aromatic rings. The summed E-state index contributed by atoms with van der Waals surface area (Å²) >= 11 is 3.15. The molecule has 0 fully saturated rings. The highest BCUT2D eigenvalue weighted by atomic mass is 79.9. The van der Waals surface area contributed by atoms with Gasteiger partial charge in [-0.15, -0.1) is 0 Å². The number of phenolic OH excluding ortho intramolecular Hbond substituents is 1. The molecule has 92 valence electrons. The van der Waals surface area contributed by atoms with Crippen LogP contribution in [0.1, 0.15) is 16.1 Å². The highest BCUT2D eigenvalue weighted by molar-refractivity contribution is 9.10. The number of phenols is 1. The molecule has 0 unspecified atom stereocenters. The van der Waals surface area contributed by atoms with Crippen molar-refractivity contribution in [1.82, 2.24) is 5.43 Å². The van der Waals surface area contributed by atoms with Crippen molar-refractivity contribution in [3.8, 4) is 5.75 Å². The summed E-state index contributed by atoms with van der Waals surface area (Å²) in [6.07, 6.45) is 1.36. The van der Waals surface area contributed by atoms with Crippen LogP contribution in [0.3, 0.4) is 0 Å². The summed E-state index contributed by atoms with van der Waals surface area (Å²) in [5.41, 5.74) is 2.46. The van der Waals surface area contributed by atoms with E-state index < -0.39 is 5.91 Å². The molecule has 0 atom stereocenters. The van der Waals surface area contributed by atoms with Gasteiger partial charge < -0.3 is 9.52 Å². The highest BCUT2D eigenvalue weighted by Gasteiger charge is 2.08. The van der Waals surface area contributed by atoms with Crippen molar-refractivity contribution in [2.45, 2.75) is 0 Å². The van der Waals surface area contributed by atoms with Gasteiger partial charge in [0.15, 0.2) is 4.67 Å². The first-order chi connectivity index (χ1) is 8.66. The van der Waals surface area contributed by atoms with E-state index in [1.165, 1.54) is 18.3 Å². The molecular weight excluding hydrogens is 300 g/mol. The fraction of sp³-hybridized carbons (Fsp3) is 0. The van der Waals surface area contributed by atoms with E-state index in [1.807, 2.05) is 0 Å². The molecule has 5 nitrogen and oxygen atoms in total. The zero-order valence-electron chi connectivity index (χ0n) is 9.13. The van der Waals surface area contributed by atoms with Gasteiger partial charge in [0.1, 0.15) is 11.5 Å². The first-order valence-corrected chi connectivity index (χ1v) is 5.83. The molecule has 0 aliphatic carbocycles. The molecule has 18 heavy (non-hydrogen) atoms. The number of amides is 1. The van der Waals surface area contributed by atoms with Crippen molar-refractivity contribution in [3.63, 3.8) is 0 Å². The smallest absolute Gasteiger partial charge is 0.275 e. The molecular formula is C12H9BrN2O3. The number of halogens is 1. The van der Waals surface area contributed by atoms with Crippen molar-refractivity contribution >= 4 is 28.1 Å². The third kappa shape index (κ3) is 2.98. The normalized spacial score (nSPS) is 10.7. The number of nitrogens with one attached hydrogen (secondary N) is 1. The number of hydrogen-bond donors (Lipinski definition) is 2. The number of aromatic hydroxyl groups is 1. The summed E-state index contributed by atoms with van der Waals surface area (Å²) < 4.78 is 5.74. The van der Waals surface area contributed by atoms with E-state index in [4.69, 9.17) is 4.42 Å². The molecule has 2 rings (SSSR count). The second-order valence-electron chi connectivity index (χ2n) is 3.36. The maximum Gasteiger partial charge on any atom is 0.275 e. The first-order valence-electron chi connectivity index (χ1n) is 5.03. The van der Waals surface area contributed by atoms with Crippen LogP contribution < -0.4 is 5.43 Å². The summed E-state index contributed by atoms with van der Waals surface area (Å²) in [5.74, 6) is -0.0830. The van der Waals surface area contributed by atoms with E-state index in [0.717, 1.165) is 0 Å². The fourth-order valence-corrected chi connectivity index (χ4v) is 1.60. The Bertz CT molecular complexity index is 593. The molecule has 1 aromatic heterocycles. The van der Waals surface area contributed by atoms with Crippen LogP contribution in [0, 0.1) is 0 Å². The maximum atomic E-state index is 11.6. The number of nitrogens with zero attached hydrogens (tertiary/aromatic N) is 1. The van der Waals surface area contributed by atoms with Crippen LogP contribution in [0.4, 0.5) is 0 Å². The number of carbonyl (C=O) groups is 1. The van der Waals surface area contributed by atoms with Gasteiger partial charge in [0, 0.05) is 0 Å². The lowest BCUT2D eigenvalue weighted by Gasteiger charge is -2.01. The molecule has 6 heteroatoms. The summed E-state index contributed by atoms with van der Waals surface area (Å²) in [4.78, 5) is 11.6. The van der Waals surface area contributed by atoms with Crippen LogP contribution in [0.15, 0.2) is 50.6 Å². The van der Waals surface area contributed by atoms with Gasteiger partial charge in [-0.05, 0) is 40.2 Å². The van der Waals surface area contributed by atoms with Crippen LogP contribution in [0.5, 0.6) is 5.75 Å². The topological polar surface area (TPSA) is 74.8 Å². The van der Waals surface area contributed by atoms with E-state index in [0.29, 0.717) is 10.4 Å². The van der Waals surface area contributed by atoms with Crippen LogP contribution >= 0.6 is 15.9 Å². The average molecular weight is 309 g/mol. The van der Waals surface area contributed by atoms with Crippen LogP contribution in [0.25, 0.3) is 0 Å². The van der Waals surface area contributed by atoms with Crippen LogP contribution in [0.2, 0.25) is 0 Å². The van der Waals surface area contributed by atoms with Gasteiger partial charge >= 0.3 is 0 Å². The van der Waals surface area contributed by atoms with Gasteiger partial charge in [-0.3, -0.25) is 4.79 Å². The Hall–Kier alpha value is -2.08. The zero-order chi connectivity index (χ0) is 13.0. The number of hydrazone groups is 1. The van der Waals surface area contributed by atoms with Gasteiger partial charge in [-0.25, -0.2) is 5.43 Å². The Kier molecular flexibility index (Phi) is 3.78. The van der Waals surface area contributed by atoms with Gasteiger partial charge in [-0.1, -0.05) is 12.1 Å². The predicted octanol–water partition coefficient (Wildman–Crippen LogP) is 2.51. The van der Waals surface area contributed by atoms with E-state index in [1.54, 1.807) is 24.3 Å². The Labute approximate surface area is 111 Å². The quantitative estimate of drug-likeness (QED) is 0.676. The molecule has 0 saturated carbocycles.